The summed E-state index contributed by atoms with van der Waals surface area (Å²) in [7, 11) is 0. The predicted octanol–water partition coefficient (Wildman–Crippen LogP) is 1.75. The van der Waals surface area contributed by atoms with Gasteiger partial charge in [-0.05, 0) is 30.5 Å². The van der Waals surface area contributed by atoms with Crippen LogP contribution in [0.2, 0.25) is 0 Å². The quantitative estimate of drug-likeness (QED) is 0.775. The molecule has 0 heterocycles. The van der Waals surface area contributed by atoms with E-state index in [1.807, 2.05) is 0 Å². The highest BCUT2D eigenvalue weighted by Crippen LogP contribution is 2.27. The van der Waals surface area contributed by atoms with Crippen LogP contribution in [0.15, 0.2) is 24.3 Å². The molecule has 104 valence electrons. The van der Waals surface area contributed by atoms with Crippen molar-refractivity contribution in [2.75, 3.05) is 6.54 Å². The molecule has 1 aromatic rings. The summed E-state index contributed by atoms with van der Waals surface area (Å²) < 4.78 is 0. The second-order valence-electron chi connectivity index (χ2n) is 5.41. The van der Waals surface area contributed by atoms with Crippen molar-refractivity contribution < 1.29 is 15.0 Å². The van der Waals surface area contributed by atoms with E-state index >= 15 is 0 Å². The van der Waals surface area contributed by atoms with E-state index in [0.29, 0.717) is 6.54 Å². The Morgan fingerprint density at radius 3 is 2.68 bits per heavy atom. The molecule has 1 amide bonds. The van der Waals surface area contributed by atoms with E-state index in [0.717, 1.165) is 31.2 Å². The maximum atomic E-state index is 11.8. The summed E-state index contributed by atoms with van der Waals surface area (Å²) in [5, 5.41) is 22.4. The maximum absolute atomic E-state index is 11.8. The highest BCUT2D eigenvalue weighted by molar-refractivity contribution is 5.78. The highest BCUT2D eigenvalue weighted by Gasteiger charge is 2.29. The Labute approximate surface area is 113 Å². The lowest BCUT2D eigenvalue weighted by Crippen LogP contribution is -2.44. The summed E-state index contributed by atoms with van der Waals surface area (Å²) in [6.07, 6.45) is 4.97. The molecular formula is C15H21NO3. The number of benzene rings is 1. The van der Waals surface area contributed by atoms with Crippen molar-refractivity contribution in [2.45, 2.75) is 44.1 Å². The molecule has 19 heavy (non-hydrogen) atoms. The van der Waals surface area contributed by atoms with Crippen molar-refractivity contribution in [3.63, 3.8) is 0 Å². The van der Waals surface area contributed by atoms with E-state index in [-0.39, 0.29) is 18.1 Å². The topological polar surface area (TPSA) is 69.6 Å². The minimum absolute atomic E-state index is 0.121. The number of hydrogen-bond acceptors (Lipinski definition) is 3. The average Bonchev–Trinajstić information content (AvgIpc) is 2.38. The number of rotatable bonds is 4. The Kier molecular flexibility index (Phi) is 4.43. The molecule has 0 bridgehead atoms. The molecule has 1 saturated carbocycles. The van der Waals surface area contributed by atoms with E-state index in [9.17, 15) is 15.0 Å². The molecule has 2 rings (SSSR count). The van der Waals surface area contributed by atoms with Crippen LogP contribution >= 0.6 is 0 Å². The molecule has 1 aliphatic carbocycles. The van der Waals surface area contributed by atoms with E-state index in [1.165, 1.54) is 6.42 Å². The number of hydrogen-bond donors (Lipinski definition) is 3. The summed E-state index contributed by atoms with van der Waals surface area (Å²) in [5.74, 6) is 0.0424. The summed E-state index contributed by atoms with van der Waals surface area (Å²) >= 11 is 0. The molecule has 1 aliphatic rings. The Bertz CT molecular complexity index is 439. The number of phenolic OH excluding ortho intramolecular Hbond substituents is 1. The molecule has 0 radical (unpaired) electrons. The molecular weight excluding hydrogens is 242 g/mol. The van der Waals surface area contributed by atoms with Crippen molar-refractivity contribution in [1.29, 1.82) is 0 Å². The number of phenols is 1. The summed E-state index contributed by atoms with van der Waals surface area (Å²) in [5.41, 5.74) is 0.0420. The van der Waals surface area contributed by atoms with E-state index in [2.05, 4.69) is 5.32 Å². The lowest BCUT2D eigenvalue weighted by Gasteiger charge is -2.32. The zero-order chi connectivity index (χ0) is 13.7. The van der Waals surface area contributed by atoms with Gasteiger partial charge in [-0.1, -0.05) is 31.4 Å². The molecule has 0 atom stereocenters. The van der Waals surface area contributed by atoms with E-state index < -0.39 is 5.60 Å². The van der Waals surface area contributed by atoms with Gasteiger partial charge in [0.05, 0.1) is 12.0 Å². The third-order valence-corrected chi connectivity index (χ3v) is 3.67. The Balaban J connectivity index is 1.81. The fraction of sp³-hybridized carbons (Fsp3) is 0.533. The lowest BCUT2D eigenvalue weighted by molar-refractivity contribution is -0.122. The number of aromatic hydroxyl groups is 1. The second-order valence-corrected chi connectivity index (χ2v) is 5.41. The first-order valence-corrected chi connectivity index (χ1v) is 6.84. The molecule has 3 N–H and O–H groups in total. The lowest BCUT2D eigenvalue weighted by atomic mass is 9.85. The van der Waals surface area contributed by atoms with Crippen LogP contribution in [0.3, 0.4) is 0 Å². The molecule has 0 spiro atoms. The molecule has 1 aromatic carbocycles. The van der Waals surface area contributed by atoms with Crippen LogP contribution in [0, 0.1) is 0 Å². The first-order valence-electron chi connectivity index (χ1n) is 6.84. The first kappa shape index (κ1) is 13.9. The number of carbonyl (C=O) groups excluding carboxylic acids is 1. The van der Waals surface area contributed by atoms with Gasteiger partial charge in [-0.15, -0.1) is 0 Å². The largest absolute Gasteiger partial charge is 0.508 e. The van der Waals surface area contributed by atoms with Gasteiger partial charge in [0, 0.05) is 6.54 Å². The number of nitrogens with one attached hydrogen (secondary N) is 1. The number of aliphatic hydroxyl groups is 1. The monoisotopic (exact) mass is 263 g/mol. The van der Waals surface area contributed by atoms with Crippen molar-refractivity contribution in [3.8, 4) is 5.75 Å². The number of amides is 1. The van der Waals surface area contributed by atoms with Crippen LogP contribution in [0.25, 0.3) is 0 Å². The second kappa shape index (κ2) is 6.06. The van der Waals surface area contributed by atoms with Gasteiger partial charge in [0.15, 0.2) is 0 Å². The molecule has 0 aromatic heterocycles. The van der Waals surface area contributed by atoms with Crippen molar-refractivity contribution in [2.24, 2.45) is 0 Å². The Hall–Kier alpha value is -1.55. The van der Waals surface area contributed by atoms with Gasteiger partial charge in [0.1, 0.15) is 5.75 Å². The van der Waals surface area contributed by atoms with Gasteiger partial charge in [-0.3, -0.25) is 4.79 Å². The number of carbonyl (C=O) groups is 1. The molecule has 4 nitrogen and oxygen atoms in total. The first-order chi connectivity index (χ1) is 9.07. The average molecular weight is 263 g/mol. The van der Waals surface area contributed by atoms with Crippen LogP contribution in [0.4, 0.5) is 0 Å². The minimum atomic E-state index is -0.729. The maximum Gasteiger partial charge on any atom is 0.224 e. The molecule has 0 unspecified atom stereocenters. The van der Waals surface area contributed by atoms with Crippen LogP contribution in [0.5, 0.6) is 5.75 Å². The zero-order valence-electron chi connectivity index (χ0n) is 11.1. The van der Waals surface area contributed by atoms with Crippen molar-refractivity contribution in [3.05, 3.63) is 29.8 Å². The third-order valence-electron chi connectivity index (χ3n) is 3.67. The van der Waals surface area contributed by atoms with E-state index in [1.54, 1.807) is 24.3 Å². The van der Waals surface area contributed by atoms with Gasteiger partial charge >= 0.3 is 0 Å². The van der Waals surface area contributed by atoms with Crippen molar-refractivity contribution in [1.82, 2.24) is 5.32 Å². The summed E-state index contributed by atoms with van der Waals surface area (Å²) in [4.78, 5) is 11.8. The van der Waals surface area contributed by atoms with Crippen LogP contribution < -0.4 is 5.32 Å². The zero-order valence-corrected chi connectivity index (χ0v) is 11.1. The van der Waals surface area contributed by atoms with E-state index in [4.69, 9.17) is 0 Å². The highest BCUT2D eigenvalue weighted by atomic mass is 16.3. The fourth-order valence-corrected chi connectivity index (χ4v) is 2.56. The normalized spacial score (nSPS) is 17.9. The van der Waals surface area contributed by atoms with Crippen LogP contribution in [-0.2, 0) is 11.2 Å². The van der Waals surface area contributed by atoms with Gasteiger partial charge in [0.2, 0.25) is 5.91 Å². The Morgan fingerprint density at radius 1 is 1.26 bits per heavy atom. The minimum Gasteiger partial charge on any atom is -0.508 e. The van der Waals surface area contributed by atoms with Gasteiger partial charge < -0.3 is 15.5 Å². The van der Waals surface area contributed by atoms with Crippen molar-refractivity contribution >= 4 is 5.91 Å². The van der Waals surface area contributed by atoms with Gasteiger partial charge in [-0.25, -0.2) is 0 Å². The molecule has 0 aliphatic heterocycles. The predicted molar refractivity (Wildman–Crippen MR) is 72.9 cm³/mol. The molecule has 0 saturated heterocycles. The standard InChI is InChI=1S/C15H21NO3/c17-13-6-4-5-12(9-13)10-14(18)16-11-15(19)7-2-1-3-8-15/h4-6,9,17,19H,1-3,7-8,10-11H2,(H,16,18). The summed E-state index contributed by atoms with van der Waals surface area (Å²) in [6.45, 7) is 0.324. The smallest absolute Gasteiger partial charge is 0.224 e. The third kappa shape index (κ3) is 4.24. The van der Waals surface area contributed by atoms with Gasteiger partial charge in [0.25, 0.3) is 0 Å². The van der Waals surface area contributed by atoms with Crippen LogP contribution in [0.1, 0.15) is 37.7 Å². The molecule has 1 fully saturated rings. The fourth-order valence-electron chi connectivity index (χ4n) is 2.56. The van der Waals surface area contributed by atoms with Gasteiger partial charge in [-0.2, -0.15) is 0 Å². The Morgan fingerprint density at radius 2 is 2.00 bits per heavy atom. The molecule has 4 heteroatoms. The summed E-state index contributed by atoms with van der Waals surface area (Å²) in [6, 6.07) is 6.67. The van der Waals surface area contributed by atoms with Crippen LogP contribution in [-0.4, -0.2) is 28.3 Å². The SMILES string of the molecule is O=C(Cc1cccc(O)c1)NCC1(O)CCCCC1.